The van der Waals surface area contributed by atoms with E-state index in [4.69, 9.17) is 5.73 Å². The van der Waals surface area contributed by atoms with Crippen LogP contribution >= 0.6 is 0 Å². The highest BCUT2D eigenvalue weighted by molar-refractivity contribution is 5.75. The van der Waals surface area contributed by atoms with Crippen molar-refractivity contribution in [3.63, 3.8) is 0 Å². The molecule has 0 spiro atoms. The van der Waals surface area contributed by atoms with Gasteiger partial charge in [-0.1, -0.05) is 19.8 Å². The molecule has 2 aliphatic rings. The van der Waals surface area contributed by atoms with E-state index < -0.39 is 0 Å². The Labute approximate surface area is 127 Å². The summed E-state index contributed by atoms with van der Waals surface area (Å²) < 4.78 is 0. The molecule has 1 atom stereocenters. The second-order valence-electron chi connectivity index (χ2n) is 6.53. The maximum Gasteiger partial charge on any atom is 0.157 e. The van der Waals surface area contributed by atoms with Gasteiger partial charge in [-0.25, -0.2) is 9.97 Å². The monoisotopic (exact) mass is 289 g/mol. The van der Waals surface area contributed by atoms with Crippen molar-refractivity contribution >= 4 is 17.3 Å². The Morgan fingerprint density at radius 1 is 0.952 bits per heavy atom. The molecule has 2 N–H and O–H groups in total. The molecule has 0 aromatic carbocycles. The lowest BCUT2D eigenvalue weighted by atomic mass is 10.0. The fourth-order valence-corrected chi connectivity index (χ4v) is 3.55. The molecule has 0 bridgehead atoms. The van der Waals surface area contributed by atoms with Gasteiger partial charge in [0.15, 0.2) is 11.6 Å². The molecule has 2 fully saturated rings. The number of nitrogens with two attached hydrogens (primary N) is 1. The summed E-state index contributed by atoms with van der Waals surface area (Å²) in [5, 5.41) is 0. The molecule has 5 heteroatoms. The summed E-state index contributed by atoms with van der Waals surface area (Å²) in [6.45, 7) is 6.55. The number of nitrogen functional groups attached to an aromatic ring is 1. The Bertz CT molecular complexity index is 447. The fourth-order valence-electron chi connectivity index (χ4n) is 3.55. The minimum absolute atomic E-state index is 0.717. The molecule has 2 saturated heterocycles. The predicted molar refractivity (Wildman–Crippen MR) is 87.7 cm³/mol. The third kappa shape index (κ3) is 3.22. The van der Waals surface area contributed by atoms with E-state index in [0.29, 0.717) is 0 Å². The summed E-state index contributed by atoms with van der Waals surface area (Å²) in [5.41, 5.74) is 7.20. The first kappa shape index (κ1) is 14.4. The van der Waals surface area contributed by atoms with Crippen LogP contribution < -0.4 is 15.5 Å². The summed E-state index contributed by atoms with van der Waals surface area (Å²) in [6.07, 6.45) is 9.32. The van der Waals surface area contributed by atoms with E-state index in [9.17, 15) is 0 Å². The van der Waals surface area contributed by atoms with Crippen LogP contribution in [0.2, 0.25) is 0 Å². The van der Waals surface area contributed by atoms with Crippen molar-refractivity contribution in [2.45, 2.75) is 45.4 Å². The third-order valence-corrected chi connectivity index (χ3v) is 4.70. The van der Waals surface area contributed by atoms with Crippen molar-refractivity contribution in [1.82, 2.24) is 9.97 Å². The zero-order valence-electron chi connectivity index (χ0n) is 13.1. The standard InChI is InChI=1S/C16H27N5/c1-13-7-6-10-21(11-13)16-14(17)15(18-12-19-16)20-8-4-2-3-5-9-20/h12-13H,2-11,17H2,1H3. The lowest BCUT2D eigenvalue weighted by Gasteiger charge is -2.33. The van der Waals surface area contributed by atoms with Gasteiger partial charge in [0, 0.05) is 26.2 Å². The van der Waals surface area contributed by atoms with Crippen molar-refractivity contribution in [3.05, 3.63) is 6.33 Å². The average Bonchev–Trinajstić information content (AvgIpc) is 2.76. The van der Waals surface area contributed by atoms with Gasteiger partial charge in [-0.15, -0.1) is 0 Å². The van der Waals surface area contributed by atoms with Crippen LogP contribution in [0.25, 0.3) is 0 Å². The van der Waals surface area contributed by atoms with Gasteiger partial charge in [-0.05, 0) is 31.6 Å². The number of aromatic nitrogens is 2. The molecule has 21 heavy (non-hydrogen) atoms. The molecular weight excluding hydrogens is 262 g/mol. The highest BCUT2D eigenvalue weighted by Gasteiger charge is 2.23. The maximum atomic E-state index is 6.43. The van der Waals surface area contributed by atoms with Crippen molar-refractivity contribution in [2.75, 3.05) is 41.7 Å². The Morgan fingerprint density at radius 2 is 1.57 bits per heavy atom. The van der Waals surface area contributed by atoms with Gasteiger partial charge in [0.05, 0.1) is 0 Å². The van der Waals surface area contributed by atoms with Crippen LogP contribution in [0.3, 0.4) is 0 Å². The maximum absolute atomic E-state index is 6.43. The average molecular weight is 289 g/mol. The molecule has 2 aliphatic heterocycles. The number of rotatable bonds is 2. The number of piperidine rings is 1. The molecule has 0 amide bonds. The molecule has 1 aromatic heterocycles. The van der Waals surface area contributed by atoms with Gasteiger partial charge in [-0.2, -0.15) is 0 Å². The second kappa shape index (κ2) is 6.50. The zero-order valence-corrected chi connectivity index (χ0v) is 13.1. The van der Waals surface area contributed by atoms with Crippen molar-refractivity contribution in [3.8, 4) is 0 Å². The van der Waals surface area contributed by atoms with Crippen molar-refractivity contribution in [1.29, 1.82) is 0 Å². The van der Waals surface area contributed by atoms with Crippen LogP contribution in [0.1, 0.15) is 45.4 Å². The SMILES string of the molecule is CC1CCCN(c2ncnc(N3CCCCCC3)c2N)C1. The molecule has 0 radical (unpaired) electrons. The number of hydrogen-bond acceptors (Lipinski definition) is 5. The summed E-state index contributed by atoms with van der Waals surface area (Å²) in [6, 6.07) is 0. The number of hydrogen-bond donors (Lipinski definition) is 1. The molecule has 3 heterocycles. The van der Waals surface area contributed by atoms with Gasteiger partial charge < -0.3 is 15.5 Å². The topological polar surface area (TPSA) is 58.3 Å². The molecule has 116 valence electrons. The minimum Gasteiger partial charge on any atom is -0.393 e. The lowest BCUT2D eigenvalue weighted by Crippen LogP contribution is -2.36. The minimum atomic E-state index is 0.717. The first-order valence-corrected chi connectivity index (χ1v) is 8.36. The van der Waals surface area contributed by atoms with E-state index in [0.717, 1.165) is 49.4 Å². The van der Waals surface area contributed by atoms with Gasteiger partial charge in [0.2, 0.25) is 0 Å². The summed E-state index contributed by atoms with van der Waals surface area (Å²) >= 11 is 0. The summed E-state index contributed by atoms with van der Waals surface area (Å²) in [7, 11) is 0. The molecule has 5 nitrogen and oxygen atoms in total. The number of nitrogens with zero attached hydrogens (tertiary/aromatic N) is 4. The van der Waals surface area contributed by atoms with Gasteiger partial charge >= 0.3 is 0 Å². The normalized spacial score (nSPS) is 24.0. The van der Waals surface area contributed by atoms with E-state index in [1.54, 1.807) is 6.33 Å². The molecule has 1 aromatic rings. The van der Waals surface area contributed by atoms with Crippen LogP contribution in [0.5, 0.6) is 0 Å². The van der Waals surface area contributed by atoms with Crippen molar-refractivity contribution in [2.24, 2.45) is 5.92 Å². The van der Waals surface area contributed by atoms with E-state index in [1.807, 2.05) is 0 Å². The second-order valence-corrected chi connectivity index (χ2v) is 6.53. The van der Waals surface area contributed by atoms with Gasteiger partial charge in [0.1, 0.15) is 12.0 Å². The molecular formula is C16H27N5. The largest absolute Gasteiger partial charge is 0.393 e. The van der Waals surface area contributed by atoms with E-state index in [-0.39, 0.29) is 0 Å². The first-order chi connectivity index (χ1) is 10.3. The van der Waals surface area contributed by atoms with E-state index in [2.05, 4.69) is 26.7 Å². The zero-order chi connectivity index (χ0) is 14.7. The Hall–Kier alpha value is -1.52. The quantitative estimate of drug-likeness (QED) is 0.907. The van der Waals surface area contributed by atoms with E-state index in [1.165, 1.54) is 38.5 Å². The first-order valence-electron chi connectivity index (χ1n) is 8.36. The molecule has 0 aliphatic carbocycles. The van der Waals surface area contributed by atoms with Crippen LogP contribution in [0, 0.1) is 5.92 Å². The molecule has 0 saturated carbocycles. The molecule has 1 unspecified atom stereocenters. The fraction of sp³-hybridized carbons (Fsp3) is 0.750. The Morgan fingerprint density at radius 3 is 2.24 bits per heavy atom. The van der Waals surface area contributed by atoms with Crippen LogP contribution in [0.4, 0.5) is 17.3 Å². The van der Waals surface area contributed by atoms with E-state index >= 15 is 0 Å². The van der Waals surface area contributed by atoms with Gasteiger partial charge in [0.25, 0.3) is 0 Å². The van der Waals surface area contributed by atoms with Crippen LogP contribution in [-0.4, -0.2) is 36.1 Å². The lowest BCUT2D eigenvalue weighted by molar-refractivity contribution is 0.445. The van der Waals surface area contributed by atoms with Crippen molar-refractivity contribution < 1.29 is 0 Å². The highest BCUT2D eigenvalue weighted by atomic mass is 15.3. The van der Waals surface area contributed by atoms with Gasteiger partial charge in [-0.3, -0.25) is 0 Å². The summed E-state index contributed by atoms with van der Waals surface area (Å²) in [5.74, 6) is 2.60. The summed E-state index contributed by atoms with van der Waals surface area (Å²) in [4.78, 5) is 13.6. The predicted octanol–water partition coefficient (Wildman–Crippen LogP) is 2.68. The smallest absolute Gasteiger partial charge is 0.157 e. The Kier molecular flexibility index (Phi) is 4.46. The molecule has 3 rings (SSSR count). The highest BCUT2D eigenvalue weighted by Crippen LogP contribution is 2.32. The third-order valence-electron chi connectivity index (χ3n) is 4.70. The van der Waals surface area contributed by atoms with Crippen LogP contribution in [0.15, 0.2) is 6.33 Å². The Balaban J connectivity index is 1.83. The number of anilines is 3. The van der Waals surface area contributed by atoms with Crippen LogP contribution in [-0.2, 0) is 0 Å².